The number of thioether (sulfide) groups is 3. The van der Waals surface area contributed by atoms with Crippen LogP contribution in [0, 0.1) is 0 Å². The third-order valence-electron chi connectivity index (χ3n) is 3.51. The van der Waals surface area contributed by atoms with E-state index in [9.17, 15) is 4.79 Å². The Labute approximate surface area is 191 Å². The molecule has 0 aliphatic carbocycles. The van der Waals surface area contributed by atoms with E-state index in [1.165, 1.54) is 33.6 Å². The maximum atomic E-state index is 11.9. The number of amides is 1. The van der Waals surface area contributed by atoms with Crippen molar-refractivity contribution < 1.29 is 4.79 Å². The number of hydrogen-bond acceptors (Lipinski definition) is 8. The smallest absolute Gasteiger partial charge is 0.250 e. The molecule has 0 aliphatic rings. The molecular weight excluding hydrogens is 464 g/mol. The Bertz CT molecular complexity index is 961. The first kappa shape index (κ1) is 22.2. The molecule has 0 atom stereocenters. The lowest BCUT2D eigenvalue weighted by Crippen LogP contribution is -2.19. The van der Waals surface area contributed by atoms with Crippen molar-refractivity contribution >= 4 is 70.3 Å². The Morgan fingerprint density at radius 1 is 1.10 bits per heavy atom. The Balaban J connectivity index is 1.39. The summed E-state index contributed by atoms with van der Waals surface area (Å²) in [5, 5.41) is 13.0. The summed E-state index contributed by atoms with van der Waals surface area (Å²) in [6, 6.07) is 15.7. The maximum Gasteiger partial charge on any atom is 0.250 e. The minimum atomic E-state index is -0.183. The van der Waals surface area contributed by atoms with Crippen LogP contribution in [0.5, 0.6) is 0 Å². The highest BCUT2D eigenvalue weighted by Gasteiger charge is 2.08. The second kappa shape index (κ2) is 11.6. The number of nitrogens with zero attached hydrogens (tertiary/aromatic N) is 3. The van der Waals surface area contributed by atoms with E-state index in [1.807, 2.05) is 54.8 Å². The SMILES string of the molecule is CSc1ccc(/C=N\NC(=O)CSc2nnc(SCc3ccc(Cl)cc3)s2)cc1. The fraction of sp³-hybridized carbons (Fsp3) is 0.158. The van der Waals surface area contributed by atoms with Crippen LogP contribution in [0.1, 0.15) is 11.1 Å². The molecule has 0 aliphatic heterocycles. The van der Waals surface area contributed by atoms with E-state index in [0.717, 1.165) is 25.0 Å². The fourth-order valence-electron chi connectivity index (χ4n) is 2.07. The number of hydrogen-bond donors (Lipinski definition) is 1. The van der Waals surface area contributed by atoms with Crippen molar-refractivity contribution in [3.8, 4) is 0 Å². The summed E-state index contributed by atoms with van der Waals surface area (Å²) in [6.07, 6.45) is 3.66. The molecule has 5 nitrogen and oxygen atoms in total. The van der Waals surface area contributed by atoms with E-state index in [0.29, 0.717) is 0 Å². The minimum Gasteiger partial charge on any atom is -0.272 e. The van der Waals surface area contributed by atoms with Crippen molar-refractivity contribution in [1.82, 2.24) is 15.6 Å². The van der Waals surface area contributed by atoms with Crippen LogP contribution >= 0.6 is 58.2 Å². The molecule has 0 saturated carbocycles. The van der Waals surface area contributed by atoms with Crippen LogP contribution in [0.3, 0.4) is 0 Å². The molecule has 150 valence electrons. The van der Waals surface area contributed by atoms with Gasteiger partial charge in [0.05, 0.1) is 12.0 Å². The van der Waals surface area contributed by atoms with Crippen LogP contribution in [0.25, 0.3) is 0 Å². The lowest BCUT2D eigenvalue weighted by molar-refractivity contribution is -0.118. The van der Waals surface area contributed by atoms with Gasteiger partial charge in [0.1, 0.15) is 0 Å². The van der Waals surface area contributed by atoms with Crippen LogP contribution in [-0.2, 0) is 10.5 Å². The van der Waals surface area contributed by atoms with Gasteiger partial charge < -0.3 is 0 Å². The summed E-state index contributed by atoms with van der Waals surface area (Å²) in [6.45, 7) is 0. The van der Waals surface area contributed by atoms with E-state index in [-0.39, 0.29) is 11.7 Å². The van der Waals surface area contributed by atoms with Gasteiger partial charge >= 0.3 is 0 Å². The van der Waals surface area contributed by atoms with Crippen LogP contribution in [-0.4, -0.2) is 34.3 Å². The summed E-state index contributed by atoms with van der Waals surface area (Å²) >= 11 is 12.0. The number of aromatic nitrogens is 2. The zero-order chi connectivity index (χ0) is 20.5. The third-order valence-corrected chi connectivity index (χ3v) is 7.77. The Morgan fingerprint density at radius 3 is 2.48 bits per heavy atom. The summed E-state index contributed by atoms with van der Waals surface area (Å²) < 4.78 is 1.63. The van der Waals surface area contributed by atoms with Crippen LogP contribution in [0.4, 0.5) is 0 Å². The first-order valence-electron chi connectivity index (χ1n) is 8.42. The number of carbonyl (C=O) groups is 1. The molecule has 1 N–H and O–H groups in total. The highest BCUT2D eigenvalue weighted by atomic mass is 35.5. The number of benzene rings is 2. The van der Waals surface area contributed by atoms with E-state index >= 15 is 0 Å². The molecule has 29 heavy (non-hydrogen) atoms. The van der Waals surface area contributed by atoms with Gasteiger partial charge in [-0.1, -0.05) is 70.7 Å². The molecule has 0 spiro atoms. The molecule has 1 amide bonds. The first-order chi connectivity index (χ1) is 14.1. The molecule has 0 saturated heterocycles. The topological polar surface area (TPSA) is 67.2 Å². The molecule has 0 radical (unpaired) electrons. The average molecular weight is 481 g/mol. The third kappa shape index (κ3) is 7.67. The summed E-state index contributed by atoms with van der Waals surface area (Å²) in [7, 11) is 0. The number of hydrazone groups is 1. The maximum absolute atomic E-state index is 11.9. The summed E-state index contributed by atoms with van der Waals surface area (Å²) in [5.41, 5.74) is 4.64. The zero-order valence-electron chi connectivity index (χ0n) is 15.4. The molecule has 3 aromatic rings. The zero-order valence-corrected chi connectivity index (χ0v) is 19.4. The molecule has 1 heterocycles. The van der Waals surface area contributed by atoms with E-state index in [2.05, 4.69) is 20.7 Å². The largest absolute Gasteiger partial charge is 0.272 e. The summed E-state index contributed by atoms with van der Waals surface area (Å²) in [5.74, 6) is 0.848. The number of nitrogens with one attached hydrogen (secondary N) is 1. The lowest BCUT2D eigenvalue weighted by atomic mass is 10.2. The summed E-state index contributed by atoms with van der Waals surface area (Å²) in [4.78, 5) is 13.1. The van der Waals surface area contributed by atoms with Crippen LogP contribution in [0.2, 0.25) is 5.02 Å². The molecule has 0 bridgehead atoms. The monoisotopic (exact) mass is 480 g/mol. The van der Waals surface area contributed by atoms with Gasteiger partial charge in [0.2, 0.25) is 0 Å². The van der Waals surface area contributed by atoms with Crippen molar-refractivity contribution in [2.75, 3.05) is 12.0 Å². The highest BCUT2D eigenvalue weighted by Crippen LogP contribution is 2.30. The molecular formula is C19H17ClN4OS4. The van der Waals surface area contributed by atoms with Gasteiger partial charge in [-0.15, -0.1) is 22.0 Å². The molecule has 10 heteroatoms. The van der Waals surface area contributed by atoms with Gasteiger partial charge in [-0.3, -0.25) is 4.79 Å². The standard InChI is InChI=1S/C19H17ClN4OS4/c1-26-16-8-4-13(5-9-16)10-21-22-17(25)12-28-19-24-23-18(29-19)27-11-14-2-6-15(20)7-3-14/h2-10H,11-12H2,1H3,(H,22,25)/b21-10-. The first-order valence-corrected chi connectivity index (χ1v) is 12.8. The second-order valence-electron chi connectivity index (χ2n) is 5.60. The van der Waals surface area contributed by atoms with Crippen molar-refractivity contribution in [3.05, 3.63) is 64.7 Å². The van der Waals surface area contributed by atoms with E-state index < -0.39 is 0 Å². The van der Waals surface area contributed by atoms with Gasteiger partial charge in [-0.05, 0) is 41.6 Å². The van der Waals surface area contributed by atoms with E-state index in [1.54, 1.807) is 29.7 Å². The second-order valence-corrected chi connectivity index (χ2v) is 10.3. The molecule has 0 fully saturated rings. The van der Waals surface area contributed by atoms with Crippen molar-refractivity contribution in [1.29, 1.82) is 0 Å². The van der Waals surface area contributed by atoms with Crippen molar-refractivity contribution in [2.24, 2.45) is 5.10 Å². The predicted molar refractivity (Wildman–Crippen MR) is 126 cm³/mol. The number of rotatable bonds is 9. The Kier molecular flexibility index (Phi) is 8.88. The molecule has 0 unspecified atom stereocenters. The van der Waals surface area contributed by atoms with Crippen LogP contribution < -0.4 is 5.43 Å². The van der Waals surface area contributed by atoms with Gasteiger partial charge in [-0.25, -0.2) is 5.43 Å². The normalized spacial score (nSPS) is 11.1. The van der Waals surface area contributed by atoms with Gasteiger partial charge in [0.15, 0.2) is 8.68 Å². The van der Waals surface area contributed by atoms with E-state index in [4.69, 9.17) is 11.6 Å². The Hall–Kier alpha value is -1.52. The molecule has 3 rings (SSSR count). The average Bonchev–Trinajstić information content (AvgIpc) is 3.20. The van der Waals surface area contributed by atoms with Crippen molar-refractivity contribution in [3.63, 3.8) is 0 Å². The number of halogens is 1. The highest BCUT2D eigenvalue weighted by molar-refractivity contribution is 8.03. The minimum absolute atomic E-state index is 0.183. The van der Waals surface area contributed by atoms with Gasteiger partial charge in [-0.2, -0.15) is 5.10 Å². The quantitative estimate of drug-likeness (QED) is 0.249. The van der Waals surface area contributed by atoms with Crippen molar-refractivity contribution in [2.45, 2.75) is 19.3 Å². The lowest BCUT2D eigenvalue weighted by Gasteiger charge is -1.99. The van der Waals surface area contributed by atoms with Crippen LogP contribution in [0.15, 0.2) is 67.2 Å². The molecule has 2 aromatic carbocycles. The molecule has 1 aromatic heterocycles. The Morgan fingerprint density at radius 2 is 1.79 bits per heavy atom. The van der Waals surface area contributed by atoms with Gasteiger partial charge in [0, 0.05) is 15.7 Å². The fourth-order valence-corrected chi connectivity index (χ4v) is 5.37. The number of carbonyl (C=O) groups excluding carboxylic acids is 1. The predicted octanol–water partition coefficient (Wildman–Crippen LogP) is 5.45. The van der Waals surface area contributed by atoms with Gasteiger partial charge in [0.25, 0.3) is 5.91 Å².